The van der Waals surface area contributed by atoms with Crippen LogP contribution in [0.3, 0.4) is 0 Å². The van der Waals surface area contributed by atoms with Crippen LogP contribution in [0.4, 0.5) is 5.95 Å². The molecule has 0 radical (unpaired) electrons. The molecule has 0 aromatic carbocycles. The van der Waals surface area contributed by atoms with Gasteiger partial charge < -0.3 is 30.3 Å². The van der Waals surface area contributed by atoms with E-state index in [1.54, 1.807) is 4.57 Å². The van der Waals surface area contributed by atoms with Crippen LogP contribution in [0.15, 0.2) is 11.1 Å². The summed E-state index contributed by atoms with van der Waals surface area (Å²) in [4.78, 5) is 58.0. The van der Waals surface area contributed by atoms with Crippen LogP contribution in [0.25, 0.3) is 11.2 Å². The van der Waals surface area contributed by atoms with Gasteiger partial charge in [0.1, 0.15) is 11.8 Å². The van der Waals surface area contributed by atoms with Crippen molar-refractivity contribution in [2.24, 2.45) is 17.6 Å². The Hall–Kier alpha value is -3.28. The Morgan fingerprint density at radius 3 is 2.65 bits per heavy atom. The molecule has 0 spiro atoms. The molecule has 2 aromatic rings. The lowest BCUT2D eigenvalue weighted by atomic mass is 10.0. The molecule has 2 rings (SSSR count). The third-order valence-electron chi connectivity index (χ3n) is 5.64. The van der Waals surface area contributed by atoms with Crippen LogP contribution in [0, 0.1) is 11.8 Å². The third kappa shape index (κ3) is 7.94. The van der Waals surface area contributed by atoms with E-state index in [9.17, 15) is 19.2 Å². The molecule has 2 heterocycles. The third-order valence-corrected chi connectivity index (χ3v) is 5.64. The second-order valence-corrected chi connectivity index (χ2v) is 8.49. The summed E-state index contributed by atoms with van der Waals surface area (Å²) in [6.45, 7) is 5.72. The Bertz CT molecular complexity index is 1050. The molecular formula is C22H34N6O6. The van der Waals surface area contributed by atoms with Crippen molar-refractivity contribution >= 4 is 34.8 Å². The normalized spacial score (nSPS) is 13.9. The molecule has 0 aliphatic carbocycles. The second kappa shape index (κ2) is 12.8. The standard InChI is InChI=1S/C22H34N6O6/c1-4-13(2)17(23)21(32)33-9-8-15(11-34-16(30)7-5-6-14(3)29)10-28-12-25-18-19(28)26-22(24)27-20(18)31/h12-13,15,17H,4-11,23H2,1-3H3,(H3,24,26,27,31)/t13?,15-,17+/m1/s1. The van der Waals surface area contributed by atoms with Crippen molar-refractivity contribution in [2.45, 2.75) is 65.5 Å². The fraction of sp³-hybridized carbons (Fsp3) is 0.636. The SMILES string of the molecule is CCC(C)[C@H](N)C(=O)OCC[C@@H](COC(=O)CCCC(C)=O)Cn1cnc2c(=O)[nH]c(N)nc21. The van der Waals surface area contributed by atoms with Gasteiger partial charge in [-0.2, -0.15) is 4.98 Å². The van der Waals surface area contributed by atoms with E-state index in [1.165, 1.54) is 13.3 Å². The molecule has 34 heavy (non-hydrogen) atoms. The molecule has 0 aliphatic rings. The monoisotopic (exact) mass is 478 g/mol. The topological polar surface area (TPSA) is 185 Å². The number of rotatable bonds is 14. The van der Waals surface area contributed by atoms with E-state index in [1.807, 2.05) is 13.8 Å². The van der Waals surface area contributed by atoms with Gasteiger partial charge in [-0.15, -0.1) is 0 Å². The number of H-pyrrole nitrogens is 1. The molecule has 0 saturated carbocycles. The number of carbonyl (C=O) groups is 3. The van der Waals surface area contributed by atoms with Crippen LogP contribution < -0.4 is 17.0 Å². The van der Waals surface area contributed by atoms with Crippen LogP contribution in [-0.4, -0.2) is 56.5 Å². The summed E-state index contributed by atoms with van der Waals surface area (Å²) in [5, 5.41) is 0. The predicted octanol–water partition coefficient (Wildman–Crippen LogP) is 0.927. The van der Waals surface area contributed by atoms with Gasteiger partial charge in [0.25, 0.3) is 5.56 Å². The van der Waals surface area contributed by atoms with Crippen molar-refractivity contribution in [2.75, 3.05) is 18.9 Å². The Morgan fingerprint density at radius 1 is 1.24 bits per heavy atom. The minimum absolute atomic E-state index is 0.00816. The zero-order valence-corrected chi connectivity index (χ0v) is 19.9. The summed E-state index contributed by atoms with van der Waals surface area (Å²) in [7, 11) is 0. The number of anilines is 1. The molecule has 12 heteroatoms. The molecule has 12 nitrogen and oxygen atoms in total. The summed E-state index contributed by atoms with van der Waals surface area (Å²) in [5.41, 5.74) is 11.6. The molecular weight excluding hydrogens is 444 g/mol. The van der Waals surface area contributed by atoms with E-state index in [-0.39, 0.29) is 48.7 Å². The van der Waals surface area contributed by atoms with E-state index in [0.717, 1.165) is 6.42 Å². The van der Waals surface area contributed by atoms with Crippen molar-refractivity contribution in [3.63, 3.8) is 0 Å². The molecule has 3 atom stereocenters. The number of nitrogens with one attached hydrogen (secondary N) is 1. The molecule has 0 aliphatic heterocycles. The average Bonchev–Trinajstić information content (AvgIpc) is 3.18. The van der Waals surface area contributed by atoms with E-state index in [2.05, 4.69) is 15.0 Å². The second-order valence-electron chi connectivity index (χ2n) is 8.49. The summed E-state index contributed by atoms with van der Waals surface area (Å²) in [5.74, 6) is -1.22. The number of hydrogen-bond acceptors (Lipinski definition) is 10. The van der Waals surface area contributed by atoms with Crippen molar-refractivity contribution in [3.05, 3.63) is 16.7 Å². The Morgan fingerprint density at radius 2 is 1.97 bits per heavy atom. The molecule has 2 aromatic heterocycles. The zero-order chi connectivity index (χ0) is 25.3. The van der Waals surface area contributed by atoms with Crippen LogP contribution in [0.1, 0.15) is 52.9 Å². The number of nitrogens with zero attached hydrogens (tertiary/aromatic N) is 3. The van der Waals surface area contributed by atoms with Gasteiger partial charge in [0.2, 0.25) is 5.95 Å². The molecule has 0 saturated heterocycles. The van der Waals surface area contributed by atoms with Crippen LogP contribution in [-0.2, 0) is 30.4 Å². The van der Waals surface area contributed by atoms with E-state index < -0.39 is 23.5 Å². The van der Waals surface area contributed by atoms with Crippen molar-refractivity contribution in [1.82, 2.24) is 19.5 Å². The number of carbonyl (C=O) groups excluding carboxylic acids is 3. The van der Waals surface area contributed by atoms with Gasteiger partial charge in [-0.05, 0) is 25.7 Å². The van der Waals surface area contributed by atoms with Crippen LogP contribution in [0.5, 0.6) is 0 Å². The number of nitrogens with two attached hydrogens (primary N) is 2. The van der Waals surface area contributed by atoms with E-state index in [0.29, 0.717) is 31.5 Å². The maximum atomic E-state index is 12.2. The highest BCUT2D eigenvalue weighted by Gasteiger charge is 2.22. The maximum Gasteiger partial charge on any atom is 0.323 e. The number of Topliss-reactive ketones (excluding diaryl/α,β-unsaturated/α-hetero) is 1. The first-order valence-electron chi connectivity index (χ1n) is 11.4. The van der Waals surface area contributed by atoms with Gasteiger partial charge in [-0.25, -0.2) is 4.98 Å². The minimum atomic E-state index is -0.709. The molecule has 0 bridgehead atoms. The van der Waals surface area contributed by atoms with Crippen LogP contribution >= 0.6 is 0 Å². The Balaban J connectivity index is 2.05. The highest BCUT2D eigenvalue weighted by atomic mass is 16.5. The number of nitrogen functional groups attached to an aromatic ring is 1. The smallest absolute Gasteiger partial charge is 0.323 e. The van der Waals surface area contributed by atoms with Gasteiger partial charge in [-0.3, -0.25) is 19.4 Å². The summed E-state index contributed by atoms with van der Waals surface area (Å²) in [6.07, 6.45) is 3.44. The van der Waals surface area contributed by atoms with Gasteiger partial charge in [-0.1, -0.05) is 20.3 Å². The number of aromatic nitrogens is 4. The summed E-state index contributed by atoms with van der Waals surface area (Å²) >= 11 is 0. The molecule has 5 N–H and O–H groups in total. The minimum Gasteiger partial charge on any atom is -0.465 e. The highest BCUT2D eigenvalue weighted by molar-refractivity contribution is 5.76. The lowest BCUT2D eigenvalue weighted by molar-refractivity contribution is -0.149. The van der Waals surface area contributed by atoms with Gasteiger partial charge >= 0.3 is 11.9 Å². The number of ether oxygens (including phenoxy) is 2. The quantitative estimate of drug-likeness (QED) is 0.330. The number of hydrogen-bond donors (Lipinski definition) is 3. The summed E-state index contributed by atoms with van der Waals surface area (Å²) < 4.78 is 12.4. The lowest BCUT2D eigenvalue weighted by Gasteiger charge is -2.20. The number of ketones is 1. The van der Waals surface area contributed by atoms with Crippen molar-refractivity contribution in [1.29, 1.82) is 0 Å². The first-order valence-corrected chi connectivity index (χ1v) is 11.4. The fourth-order valence-corrected chi connectivity index (χ4v) is 3.28. The molecule has 1 unspecified atom stereocenters. The molecule has 0 amide bonds. The van der Waals surface area contributed by atoms with Crippen LogP contribution in [0.2, 0.25) is 0 Å². The van der Waals surface area contributed by atoms with Crippen molar-refractivity contribution < 1.29 is 23.9 Å². The largest absolute Gasteiger partial charge is 0.465 e. The number of imidazole rings is 1. The van der Waals surface area contributed by atoms with Crippen molar-refractivity contribution in [3.8, 4) is 0 Å². The number of aromatic amines is 1. The highest BCUT2D eigenvalue weighted by Crippen LogP contribution is 2.15. The first-order chi connectivity index (χ1) is 16.1. The number of fused-ring (bicyclic) bond motifs is 1. The maximum absolute atomic E-state index is 12.2. The van der Waals surface area contributed by atoms with Gasteiger partial charge in [0.15, 0.2) is 11.2 Å². The van der Waals surface area contributed by atoms with E-state index >= 15 is 0 Å². The van der Waals surface area contributed by atoms with Gasteiger partial charge in [0, 0.05) is 25.3 Å². The Labute approximate surface area is 197 Å². The number of esters is 2. The van der Waals surface area contributed by atoms with Gasteiger partial charge in [0.05, 0.1) is 19.5 Å². The lowest BCUT2D eigenvalue weighted by Crippen LogP contribution is -2.38. The first kappa shape index (κ1) is 27.0. The Kier molecular flexibility index (Phi) is 10.2. The molecule has 0 fully saturated rings. The predicted molar refractivity (Wildman–Crippen MR) is 125 cm³/mol. The van der Waals surface area contributed by atoms with E-state index in [4.69, 9.17) is 20.9 Å². The zero-order valence-electron chi connectivity index (χ0n) is 19.9. The average molecular weight is 479 g/mol. The summed E-state index contributed by atoms with van der Waals surface area (Å²) in [6, 6.07) is -0.709. The molecule has 188 valence electrons. The fourth-order valence-electron chi connectivity index (χ4n) is 3.28.